The molecule has 0 saturated carbocycles. The molecule has 24 heavy (non-hydrogen) atoms. The van der Waals surface area contributed by atoms with Gasteiger partial charge in [0.1, 0.15) is 5.82 Å². The molecule has 3 aromatic rings. The van der Waals surface area contributed by atoms with E-state index in [0.717, 1.165) is 16.9 Å². The van der Waals surface area contributed by atoms with Crippen molar-refractivity contribution in [3.05, 3.63) is 59.5 Å². The second kappa shape index (κ2) is 6.92. The molecule has 0 spiro atoms. The van der Waals surface area contributed by atoms with Crippen LogP contribution < -0.4 is 5.32 Å². The Labute approximate surface area is 140 Å². The van der Waals surface area contributed by atoms with Crippen LogP contribution in [0, 0.1) is 11.3 Å². The summed E-state index contributed by atoms with van der Waals surface area (Å²) in [5, 5.41) is 16.0. The summed E-state index contributed by atoms with van der Waals surface area (Å²) >= 11 is 0. The van der Waals surface area contributed by atoms with Crippen LogP contribution in [0.3, 0.4) is 0 Å². The summed E-state index contributed by atoms with van der Waals surface area (Å²) in [5.41, 5.74) is 2.55. The van der Waals surface area contributed by atoms with Gasteiger partial charge in [0, 0.05) is 24.2 Å². The second-order valence-corrected chi connectivity index (χ2v) is 5.70. The van der Waals surface area contributed by atoms with E-state index in [4.69, 9.17) is 9.78 Å². The van der Waals surface area contributed by atoms with Crippen LogP contribution in [-0.4, -0.2) is 15.1 Å². The molecule has 0 unspecified atom stereocenters. The van der Waals surface area contributed by atoms with E-state index in [-0.39, 0.29) is 5.92 Å². The number of hydrogen-bond donors (Lipinski definition) is 1. The zero-order valence-electron chi connectivity index (χ0n) is 13.5. The molecule has 1 N–H and O–H groups in total. The highest BCUT2D eigenvalue weighted by Gasteiger charge is 2.12. The summed E-state index contributed by atoms with van der Waals surface area (Å²) in [5.74, 6) is 2.12. The molecule has 0 aliphatic carbocycles. The van der Waals surface area contributed by atoms with Gasteiger partial charge < -0.3 is 9.84 Å². The van der Waals surface area contributed by atoms with Crippen molar-refractivity contribution in [3.63, 3.8) is 0 Å². The van der Waals surface area contributed by atoms with E-state index in [2.05, 4.69) is 26.5 Å². The molecule has 120 valence electrons. The predicted molar refractivity (Wildman–Crippen MR) is 90.1 cm³/mol. The first kappa shape index (κ1) is 15.7. The molecule has 0 bridgehead atoms. The molecule has 6 nitrogen and oxygen atoms in total. The first-order valence-corrected chi connectivity index (χ1v) is 7.68. The largest absolute Gasteiger partial charge is 0.366 e. The van der Waals surface area contributed by atoms with Gasteiger partial charge in [0.2, 0.25) is 0 Å². The van der Waals surface area contributed by atoms with E-state index in [9.17, 15) is 0 Å². The van der Waals surface area contributed by atoms with Crippen LogP contribution in [0.5, 0.6) is 0 Å². The maximum atomic E-state index is 8.82. The lowest BCUT2D eigenvalue weighted by Gasteiger charge is -2.06. The summed E-state index contributed by atoms with van der Waals surface area (Å²) in [6.07, 6.45) is 1.70. The predicted octanol–water partition coefficient (Wildman–Crippen LogP) is 3.74. The molecular formula is C18H17N5O. The van der Waals surface area contributed by atoms with Gasteiger partial charge in [-0.1, -0.05) is 31.1 Å². The lowest BCUT2D eigenvalue weighted by atomic mass is 10.1. The van der Waals surface area contributed by atoms with Crippen molar-refractivity contribution >= 4 is 5.82 Å². The van der Waals surface area contributed by atoms with Crippen LogP contribution in [0.2, 0.25) is 0 Å². The van der Waals surface area contributed by atoms with Crippen molar-refractivity contribution in [3.8, 4) is 17.5 Å². The molecule has 0 saturated heterocycles. The molecule has 2 heterocycles. The zero-order chi connectivity index (χ0) is 16.9. The van der Waals surface area contributed by atoms with Gasteiger partial charge in [-0.15, -0.1) is 0 Å². The molecule has 0 radical (unpaired) electrons. The van der Waals surface area contributed by atoms with Gasteiger partial charge >= 0.3 is 0 Å². The maximum absolute atomic E-state index is 8.82. The maximum Gasteiger partial charge on any atom is 0.258 e. The van der Waals surface area contributed by atoms with E-state index in [1.165, 1.54) is 0 Å². The summed E-state index contributed by atoms with van der Waals surface area (Å²) < 4.78 is 5.31. The van der Waals surface area contributed by atoms with Gasteiger partial charge in [-0.05, 0) is 29.8 Å². The Morgan fingerprint density at radius 2 is 2.00 bits per heavy atom. The Hall–Kier alpha value is -3.20. The molecule has 1 aromatic carbocycles. The van der Waals surface area contributed by atoms with Crippen molar-refractivity contribution in [1.82, 2.24) is 15.1 Å². The fraction of sp³-hybridized carbons (Fsp3) is 0.222. The van der Waals surface area contributed by atoms with Gasteiger partial charge in [-0.3, -0.25) is 0 Å². The Morgan fingerprint density at radius 1 is 1.21 bits per heavy atom. The molecular weight excluding hydrogens is 302 g/mol. The highest BCUT2D eigenvalue weighted by atomic mass is 16.5. The molecule has 0 aliphatic heterocycles. The van der Waals surface area contributed by atoms with E-state index < -0.39 is 0 Å². The highest BCUT2D eigenvalue weighted by Crippen LogP contribution is 2.21. The number of nitrogens with zero attached hydrogens (tertiary/aromatic N) is 4. The van der Waals surface area contributed by atoms with Crippen LogP contribution in [0.1, 0.15) is 36.7 Å². The molecule has 0 aliphatic rings. The van der Waals surface area contributed by atoms with Crippen LogP contribution in [0.15, 0.2) is 47.1 Å². The minimum absolute atomic E-state index is 0.221. The van der Waals surface area contributed by atoms with Crippen molar-refractivity contribution in [2.24, 2.45) is 0 Å². The first-order valence-electron chi connectivity index (χ1n) is 7.68. The molecule has 6 heteroatoms. The lowest BCUT2D eigenvalue weighted by molar-refractivity contribution is 0.419. The van der Waals surface area contributed by atoms with Crippen molar-refractivity contribution in [2.75, 3.05) is 5.32 Å². The number of nitriles is 1. The fourth-order valence-corrected chi connectivity index (χ4v) is 2.14. The van der Waals surface area contributed by atoms with E-state index in [0.29, 0.717) is 23.8 Å². The minimum Gasteiger partial charge on any atom is -0.366 e. The SMILES string of the molecule is CC(C)c1noc(-c2ccnc(NCc3ccc(C#N)cc3)c2)n1. The number of hydrogen-bond acceptors (Lipinski definition) is 6. The Kier molecular flexibility index (Phi) is 4.52. The van der Waals surface area contributed by atoms with Gasteiger partial charge in [-0.2, -0.15) is 10.2 Å². The number of nitrogens with one attached hydrogen (secondary N) is 1. The number of aromatic nitrogens is 3. The van der Waals surface area contributed by atoms with Crippen LogP contribution in [-0.2, 0) is 6.54 Å². The molecule has 3 rings (SSSR count). The summed E-state index contributed by atoms with van der Waals surface area (Å²) in [6, 6.07) is 13.3. The summed E-state index contributed by atoms with van der Waals surface area (Å²) in [7, 11) is 0. The Morgan fingerprint density at radius 3 is 2.67 bits per heavy atom. The van der Waals surface area contributed by atoms with E-state index in [1.54, 1.807) is 18.3 Å². The Balaban J connectivity index is 1.71. The van der Waals surface area contributed by atoms with Crippen molar-refractivity contribution in [2.45, 2.75) is 26.3 Å². The first-order chi connectivity index (χ1) is 11.7. The second-order valence-electron chi connectivity index (χ2n) is 5.70. The number of anilines is 1. The third-order valence-corrected chi connectivity index (χ3v) is 3.52. The zero-order valence-corrected chi connectivity index (χ0v) is 13.5. The van der Waals surface area contributed by atoms with E-state index in [1.807, 2.05) is 38.1 Å². The quantitative estimate of drug-likeness (QED) is 0.770. The fourth-order valence-electron chi connectivity index (χ4n) is 2.14. The third-order valence-electron chi connectivity index (χ3n) is 3.52. The van der Waals surface area contributed by atoms with Crippen LogP contribution >= 0.6 is 0 Å². The van der Waals surface area contributed by atoms with Gasteiger partial charge in [-0.25, -0.2) is 4.98 Å². The molecule has 0 fully saturated rings. The highest BCUT2D eigenvalue weighted by molar-refractivity contribution is 5.58. The van der Waals surface area contributed by atoms with Gasteiger partial charge in [0.25, 0.3) is 5.89 Å². The molecule has 0 amide bonds. The molecule has 0 atom stereocenters. The summed E-state index contributed by atoms with van der Waals surface area (Å²) in [4.78, 5) is 8.70. The monoisotopic (exact) mass is 319 g/mol. The average molecular weight is 319 g/mol. The topological polar surface area (TPSA) is 87.6 Å². The average Bonchev–Trinajstić information content (AvgIpc) is 3.11. The van der Waals surface area contributed by atoms with E-state index >= 15 is 0 Å². The lowest BCUT2D eigenvalue weighted by Crippen LogP contribution is -2.01. The normalized spacial score (nSPS) is 10.6. The standard InChI is InChI=1S/C18H17N5O/c1-12(2)17-22-18(24-23-17)15-7-8-20-16(9-15)21-11-14-5-3-13(10-19)4-6-14/h3-9,12H,11H2,1-2H3,(H,20,21). The third kappa shape index (κ3) is 3.58. The Bertz CT molecular complexity index is 862. The van der Waals surface area contributed by atoms with Crippen LogP contribution in [0.4, 0.5) is 5.82 Å². The summed E-state index contributed by atoms with van der Waals surface area (Å²) in [6.45, 7) is 4.65. The smallest absolute Gasteiger partial charge is 0.258 e. The number of pyridine rings is 1. The van der Waals surface area contributed by atoms with Crippen molar-refractivity contribution < 1.29 is 4.52 Å². The van der Waals surface area contributed by atoms with Crippen LogP contribution in [0.25, 0.3) is 11.5 Å². The number of rotatable bonds is 5. The van der Waals surface area contributed by atoms with Crippen molar-refractivity contribution in [1.29, 1.82) is 5.26 Å². The number of benzene rings is 1. The minimum atomic E-state index is 0.221. The van der Waals surface area contributed by atoms with Gasteiger partial charge in [0.05, 0.1) is 11.6 Å². The molecule has 2 aromatic heterocycles. The van der Waals surface area contributed by atoms with Gasteiger partial charge in [0.15, 0.2) is 5.82 Å².